The number of carbonyl (C=O) groups is 2. The van der Waals surface area contributed by atoms with Gasteiger partial charge in [-0.1, -0.05) is 12.1 Å². The van der Waals surface area contributed by atoms with Crippen LogP contribution in [-0.2, 0) is 29.1 Å². The van der Waals surface area contributed by atoms with Crippen molar-refractivity contribution in [1.82, 2.24) is 4.72 Å². The number of sulfonamides is 1. The fourth-order valence-corrected chi connectivity index (χ4v) is 2.91. The second-order valence-electron chi connectivity index (χ2n) is 4.90. The predicted octanol–water partition coefficient (Wildman–Crippen LogP) is 0.363. The number of nitro benzene ring substituents is 1. The van der Waals surface area contributed by atoms with Gasteiger partial charge in [-0.2, -0.15) is 4.72 Å². The Morgan fingerprint density at radius 1 is 1.15 bits per heavy atom. The number of rotatable bonds is 6. The second kappa shape index (κ2) is 12.2. The van der Waals surface area contributed by atoms with E-state index < -0.39 is 43.6 Å². The van der Waals surface area contributed by atoms with Crippen molar-refractivity contribution in [2.45, 2.75) is 30.8 Å². The standard InChI is InChI=1S/C10H12N2O6S.C4H9NO2.ClH/c1-7(10(13)18-2)11-19(16,17)9-6-4-3-5-8(9)12(14)15;1-3(5)4(6)7-2;/h3-7,11H,1-2H3;3H,5H2,1-2H3;1H/t;3-;/m.0./s1. The molecule has 11 nitrogen and oxygen atoms in total. The summed E-state index contributed by atoms with van der Waals surface area (Å²) in [6, 6.07) is 3.22. The zero-order valence-corrected chi connectivity index (χ0v) is 16.7. The zero-order valence-electron chi connectivity index (χ0n) is 15.1. The van der Waals surface area contributed by atoms with Gasteiger partial charge < -0.3 is 15.2 Å². The quantitative estimate of drug-likeness (QED) is 0.369. The number of para-hydroxylation sites is 1. The van der Waals surface area contributed by atoms with E-state index in [1.165, 1.54) is 26.2 Å². The van der Waals surface area contributed by atoms with E-state index in [4.69, 9.17) is 5.73 Å². The Balaban J connectivity index is 0. The third-order valence-electron chi connectivity index (χ3n) is 2.81. The Kier molecular flexibility index (Phi) is 12.1. The average molecular weight is 428 g/mol. The molecule has 0 bridgehead atoms. The van der Waals surface area contributed by atoms with E-state index in [1.54, 1.807) is 6.92 Å². The van der Waals surface area contributed by atoms with Gasteiger partial charge in [0, 0.05) is 6.07 Å². The van der Waals surface area contributed by atoms with Gasteiger partial charge in [-0.05, 0) is 19.9 Å². The molecule has 0 aromatic heterocycles. The minimum atomic E-state index is -4.18. The molecule has 0 aliphatic rings. The average Bonchev–Trinajstić information content (AvgIpc) is 2.60. The van der Waals surface area contributed by atoms with Gasteiger partial charge in [0.05, 0.1) is 19.1 Å². The summed E-state index contributed by atoms with van der Waals surface area (Å²) in [6.07, 6.45) is 0. The van der Waals surface area contributed by atoms with Gasteiger partial charge in [0.1, 0.15) is 12.1 Å². The molecule has 0 amide bonds. The first-order valence-electron chi connectivity index (χ1n) is 7.14. The lowest BCUT2D eigenvalue weighted by molar-refractivity contribution is -0.387. The third kappa shape index (κ3) is 8.77. The van der Waals surface area contributed by atoms with Gasteiger partial charge in [-0.25, -0.2) is 8.42 Å². The number of ether oxygens (including phenoxy) is 2. The highest BCUT2D eigenvalue weighted by Crippen LogP contribution is 2.22. The van der Waals surface area contributed by atoms with Crippen LogP contribution in [0.4, 0.5) is 5.69 Å². The van der Waals surface area contributed by atoms with Crippen LogP contribution in [0, 0.1) is 10.1 Å². The summed E-state index contributed by atoms with van der Waals surface area (Å²) in [5.41, 5.74) is 4.51. The third-order valence-corrected chi connectivity index (χ3v) is 4.40. The van der Waals surface area contributed by atoms with Crippen molar-refractivity contribution < 1.29 is 32.4 Å². The summed E-state index contributed by atoms with van der Waals surface area (Å²) in [5, 5.41) is 10.8. The van der Waals surface area contributed by atoms with Crippen LogP contribution in [0.5, 0.6) is 0 Å². The number of hydrogen-bond donors (Lipinski definition) is 2. The maximum atomic E-state index is 12.0. The fourth-order valence-electron chi connectivity index (χ4n) is 1.54. The van der Waals surface area contributed by atoms with Crippen LogP contribution >= 0.6 is 12.4 Å². The second-order valence-corrected chi connectivity index (χ2v) is 6.59. The monoisotopic (exact) mass is 427 g/mol. The summed E-state index contributed by atoms with van der Waals surface area (Å²) in [5.74, 6) is -1.16. The molecule has 3 N–H and O–H groups in total. The number of nitrogens with two attached hydrogens (primary N) is 1. The minimum Gasteiger partial charge on any atom is -0.468 e. The lowest BCUT2D eigenvalue weighted by Gasteiger charge is -2.12. The summed E-state index contributed by atoms with van der Waals surface area (Å²) >= 11 is 0. The summed E-state index contributed by atoms with van der Waals surface area (Å²) in [7, 11) is -1.76. The Bertz CT molecular complexity index is 754. The Morgan fingerprint density at radius 2 is 1.63 bits per heavy atom. The molecule has 0 saturated heterocycles. The van der Waals surface area contributed by atoms with E-state index >= 15 is 0 Å². The molecule has 27 heavy (non-hydrogen) atoms. The van der Waals surface area contributed by atoms with Crippen LogP contribution in [0.3, 0.4) is 0 Å². The van der Waals surface area contributed by atoms with E-state index in [1.807, 2.05) is 4.72 Å². The maximum Gasteiger partial charge on any atom is 0.323 e. The van der Waals surface area contributed by atoms with Crippen molar-refractivity contribution in [3.63, 3.8) is 0 Å². The number of nitrogens with zero attached hydrogens (tertiary/aromatic N) is 1. The van der Waals surface area contributed by atoms with Crippen LogP contribution in [0.2, 0.25) is 0 Å². The van der Waals surface area contributed by atoms with E-state index in [0.717, 1.165) is 19.2 Å². The minimum absolute atomic E-state index is 0. The molecule has 0 fully saturated rings. The molecule has 1 unspecified atom stereocenters. The molecule has 1 aromatic carbocycles. The number of benzene rings is 1. The zero-order chi connectivity index (χ0) is 20.5. The molecule has 0 radical (unpaired) electrons. The molecule has 0 heterocycles. The topological polar surface area (TPSA) is 168 Å². The summed E-state index contributed by atoms with van der Waals surface area (Å²) in [6.45, 7) is 2.85. The first kappa shape index (κ1) is 26.9. The number of nitrogens with one attached hydrogen (secondary N) is 1. The number of methoxy groups -OCH3 is 2. The Hall–Kier alpha value is -2.28. The molecule has 0 aliphatic heterocycles. The van der Waals surface area contributed by atoms with Crippen LogP contribution in [0.15, 0.2) is 29.2 Å². The molecule has 0 spiro atoms. The predicted molar refractivity (Wildman–Crippen MR) is 97.8 cm³/mol. The first-order chi connectivity index (χ1) is 12.0. The van der Waals surface area contributed by atoms with Crippen molar-refractivity contribution in [2.24, 2.45) is 5.73 Å². The van der Waals surface area contributed by atoms with Gasteiger partial charge >= 0.3 is 11.9 Å². The lowest BCUT2D eigenvalue weighted by atomic mass is 10.3. The molecule has 0 aliphatic carbocycles. The summed E-state index contributed by atoms with van der Waals surface area (Å²) < 4.78 is 34.6. The largest absolute Gasteiger partial charge is 0.468 e. The molecule has 0 saturated carbocycles. The molecular formula is C14H22ClN3O8S. The van der Waals surface area contributed by atoms with Gasteiger partial charge in [-0.3, -0.25) is 19.7 Å². The van der Waals surface area contributed by atoms with E-state index in [-0.39, 0.29) is 18.4 Å². The van der Waals surface area contributed by atoms with Gasteiger partial charge in [0.15, 0.2) is 4.90 Å². The van der Waals surface area contributed by atoms with E-state index in [0.29, 0.717) is 0 Å². The molecule has 2 atom stereocenters. The molecule has 13 heteroatoms. The van der Waals surface area contributed by atoms with Crippen molar-refractivity contribution >= 4 is 40.1 Å². The smallest absolute Gasteiger partial charge is 0.323 e. The number of carbonyl (C=O) groups excluding carboxylic acids is 2. The maximum absolute atomic E-state index is 12.0. The molecule has 1 rings (SSSR count). The number of nitro groups is 1. The van der Waals surface area contributed by atoms with Crippen LogP contribution in [-0.4, -0.2) is 51.6 Å². The van der Waals surface area contributed by atoms with Crippen molar-refractivity contribution in [2.75, 3.05) is 14.2 Å². The number of halogens is 1. The van der Waals surface area contributed by atoms with Crippen LogP contribution < -0.4 is 10.5 Å². The SMILES string of the molecule is COC(=O)C(C)NS(=O)(=O)c1ccccc1[N+](=O)[O-].COC(=O)[C@H](C)N.Cl. The van der Waals surface area contributed by atoms with Crippen LogP contribution in [0.25, 0.3) is 0 Å². The van der Waals surface area contributed by atoms with Gasteiger partial charge in [0.2, 0.25) is 10.0 Å². The number of hydrogen-bond acceptors (Lipinski definition) is 9. The van der Waals surface area contributed by atoms with Crippen molar-refractivity contribution in [3.05, 3.63) is 34.4 Å². The van der Waals surface area contributed by atoms with Crippen molar-refractivity contribution in [1.29, 1.82) is 0 Å². The molecule has 154 valence electrons. The first-order valence-corrected chi connectivity index (χ1v) is 8.63. The highest BCUT2D eigenvalue weighted by Gasteiger charge is 2.28. The lowest BCUT2D eigenvalue weighted by Crippen LogP contribution is -2.39. The van der Waals surface area contributed by atoms with Crippen molar-refractivity contribution in [3.8, 4) is 0 Å². The number of esters is 2. The highest BCUT2D eigenvalue weighted by molar-refractivity contribution is 7.89. The van der Waals surface area contributed by atoms with Gasteiger partial charge in [0.25, 0.3) is 5.69 Å². The highest BCUT2D eigenvalue weighted by atomic mass is 35.5. The van der Waals surface area contributed by atoms with E-state index in [9.17, 15) is 28.1 Å². The van der Waals surface area contributed by atoms with Gasteiger partial charge in [-0.15, -0.1) is 12.4 Å². The van der Waals surface area contributed by atoms with Crippen LogP contribution in [0.1, 0.15) is 13.8 Å². The fraction of sp³-hybridized carbons (Fsp3) is 0.429. The molecule has 1 aromatic rings. The Morgan fingerprint density at radius 3 is 2.00 bits per heavy atom. The molecular weight excluding hydrogens is 406 g/mol. The summed E-state index contributed by atoms with van der Waals surface area (Å²) in [4.78, 5) is 30.8. The Labute approximate surface area is 162 Å². The van der Waals surface area contributed by atoms with E-state index in [2.05, 4.69) is 9.47 Å². The normalized spacial score (nSPS) is 12.3.